The van der Waals surface area contributed by atoms with Crippen LogP contribution >= 0.6 is 11.8 Å². The minimum absolute atomic E-state index is 0.470. The molecule has 1 saturated heterocycles. The molecule has 2 heterocycles. The van der Waals surface area contributed by atoms with E-state index in [0.717, 1.165) is 5.75 Å². The maximum Gasteiger partial charge on any atom is 0.165 e. The number of aromatic nitrogens is 3. The first-order chi connectivity index (χ1) is 5.36. The summed E-state index contributed by atoms with van der Waals surface area (Å²) in [5.41, 5.74) is 5.44. The van der Waals surface area contributed by atoms with Crippen LogP contribution in [0.3, 0.4) is 0 Å². The molecular weight excluding hydrogens is 160 g/mol. The zero-order valence-electron chi connectivity index (χ0n) is 6.10. The van der Waals surface area contributed by atoms with Gasteiger partial charge in [0, 0.05) is 5.75 Å². The van der Waals surface area contributed by atoms with E-state index in [1.807, 2.05) is 11.8 Å². The second-order valence-electron chi connectivity index (χ2n) is 2.61. The summed E-state index contributed by atoms with van der Waals surface area (Å²) >= 11 is 1.94. The summed E-state index contributed by atoms with van der Waals surface area (Å²) in [5, 5.41) is 8.13. The van der Waals surface area contributed by atoms with E-state index in [4.69, 9.17) is 5.73 Å². The van der Waals surface area contributed by atoms with E-state index >= 15 is 0 Å². The maximum absolute atomic E-state index is 5.44. The van der Waals surface area contributed by atoms with Gasteiger partial charge < -0.3 is 5.73 Å². The highest BCUT2D eigenvalue weighted by atomic mass is 32.2. The summed E-state index contributed by atoms with van der Waals surface area (Å²) in [6.07, 6.45) is 2.77. The topological polar surface area (TPSA) is 56.7 Å². The van der Waals surface area contributed by atoms with Gasteiger partial charge in [-0.05, 0) is 12.2 Å². The first kappa shape index (κ1) is 6.97. The minimum Gasteiger partial charge on any atom is -0.381 e. The van der Waals surface area contributed by atoms with E-state index in [9.17, 15) is 0 Å². The Morgan fingerprint density at radius 3 is 3.18 bits per heavy atom. The van der Waals surface area contributed by atoms with Crippen LogP contribution in [-0.2, 0) is 0 Å². The fourth-order valence-corrected chi connectivity index (χ4v) is 2.35. The highest BCUT2D eigenvalue weighted by Gasteiger charge is 2.18. The molecule has 1 aliphatic heterocycles. The van der Waals surface area contributed by atoms with Crippen LogP contribution in [0.15, 0.2) is 6.20 Å². The first-order valence-corrected chi connectivity index (χ1v) is 4.77. The smallest absolute Gasteiger partial charge is 0.165 e. The zero-order chi connectivity index (χ0) is 7.68. The molecule has 11 heavy (non-hydrogen) atoms. The molecule has 1 aromatic heterocycles. The zero-order valence-corrected chi connectivity index (χ0v) is 6.92. The first-order valence-electron chi connectivity index (χ1n) is 3.61. The van der Waals surface area contributed by atoms with Crippen LogP contribution in [-0.4, -0.2) is 26.5 Å². The van der Waals surface area contributed by atoms with Crippen LogP contribution in [0.1, 0.15) is 12.5 Å². The largest absolute Gasteiger partial charge is 0.381 e. The molecule has 1 fully saturated rings. The van der Waals surface area contributed by atoms with E-state index in [1.54, 1.807) is 11.0 Å². The Labute approximate surface area is 69.1 Å². The van der Waals surface area contributed by atoms with Crippen molar-refractivity contribution in [3.05, 3.63) is 6.20 Å². The van der Waals surface area contributed by atoms with Crippen molar-refractivity contribution >= 4 is 17.6 Å². The van der Waals surface area contributed by atoms with E-state index in [0.29, 0.717) is 11.9 Å². The fourth-order valence-electron chi connectivity index (χ4n) is 1.17. The number of nitrogen functional groups attached to an aromatic ring is 1. The van der Waals surface area contributed by atoms with Crippen molar-refractivity contribution in [1.29, 1.82) is 0 Å². The van der Waals surface area contributed by atoms with Crippen LogP contribution in [0.5, 0.6) is 0 Å². The van der Waals surface area contributed by atoms with Crippen LogP contribution < -0.4 is 5.73 Å². The van der Waals surface area contributed by atoms with Crippen molar-refractivity contribution in [2.24, 2.45) is 0 Å². The molecule has 5 heteroatoms. The van der Waals surface area contributed by atoms with Crippen LogP contribution in [0.25, 0.3) is 0 Å². The Hall–Kier alpha value is -0.710. The molecule has 0 aromatic carbocycles. The standard InChI is InChI=1S/C6H10N4S/c7-6-3-8-10(9-6)5-1-2-11-4-5/h3,5H,1-2,4H2,(H2,7,9). The summed E-state index contributed by atoms with van der Waals surface area (Å²) in [6, 6.07) is 0.470. The predicted octanol–water partition coefficient (Wildman–Crippen LogP) is 0.538. The minimum atomic E-state index is 0.470. The van der Waals surface area contributed by atoms with E-state index in [-0.39, 0.29) is 0 Å². The van der Waals surface area contributed by atoms with Gasteiger partial charge >= 0.3 is 0 Å². The average Bonchev–Trinajstić information content (AvgIpc) is 2.55. The molecule has 4 nitrogen and oxygen atoms in total. The highest BCUT2D eigenvalue weighted by molar-refractivity contribution is 7.99. The fraction of sp³-hybridized carbons (Fsp3) is 0.667. The molecule has 0 aliphatic carbocycles. The third-order valence-electron chi connectivity index (χ3n) is 1.76. The molecule has 2 N–H and O–H groups in total. The number of nitrogens with zero attached hydrogens (tertiary/aromatic N) is 3. The van der Waals surface area contributed by atoms with Gasteiger partial charge in [-0.25, -0.2) is 0 Å². The van der Waals surface area contributed by atoms with Gasteiger partial charge in [0.25, 0.3) is 0 Å². The normalized spacial score (nSPS) is 24.2. The van der Waals surface area contributed by atoms with Crippen molar-refractivity contribution < 1.29 is 0 Å². The predicted molar refractivity (Wildman–Crippen MR) is 45.4 cm³/mol. The summed E-state index contributed by atoms with van der Waals surface area (Å²) < 4.78 is 0. The van der Waals surface area contributed by atoms with Gasteiger partial charge in [0.15, 0.2) is 5.82 Å². The molecule has 1 atom stereocenters. The quantitative estimate of drug-likeness (QED) is 0.668. The van der Waals surface area contributed by atoms with Crippen molar-refractivity contribution in [2.75, 3.05) is 17.2 Å². The number of rotatable bonds is 1. The molecule has 1 aliphatic rings. The highest BCUT2D eigenvalue weighted by Crippen LogP contribution is 2.26. The molecular formula is C6H10N4S. The van der Waals surface area contributed by atoms with E-state index in [2.05, 4.69) is 10.2 Å². The molecule has 2 rings (SSSR count). The summed E-state index contributed by atoms with van der Waals surface area (Å²) in [6.45, 7) is 0. The van der Waals surface area contributed by atoms with E-state index in [1.165, 1.54) is 12.2 Å². The molecule has 1 unspecified atom stereocenters. The second-order valence-corrected chi connectivity index (χ2v) is 3.76. The summed E-state index contributed by atoms with van der Waals surface area (Å²) in [4.78, 5) is 1.73. The second kappa shape index (κ2) is 2.73. The lowest BCUT2D eigenvalue weighted by molar-refractivity contribution is 0.444. The van der Waals surface area contributed by atoms with Crippen LogP contribution in [0, 0.1) is 0 Å². The Morgan fingerprint density at radius 2 is 2.64 bits per heavy atom. The molecule has 0 radical (unpaired) electrons. The van der Waals surface area contributed by atoms with Crippen molar-refractivity contribution in [2.45, 2.75) is 12.5 Å². The average molecular weight is 170 g/mol. The molecule has 1 aromatic rings. The Morgan fingerprint density at radius 1 is 1.73 bits per heavy atom. The third kappa shape index (κ3) is 1.33. The Kier molecular flexibility index (Phi) is 1.73. The van der Waals surface area contributed by atoms with Gasteiger partial charge in [-0.2, -0.15) is 21.7 Å². The van der Waals surface area contributed by atoms with Crippen molar-refractivity contribution in [3.63, 3.8) is 0 Å². The maximum atomic E-state index is 5.44. The molecule has 0 bridgehead atoms. The van der Waals surface area contributed by atoms with Crippen molar-refractivity contribution in [3.8, 4) is 0 Å². The monoisotopic (exact) mass is 170 g/mol. The van der Waals surface area contributed by atoms with Gasteiger partial charge in [0.2, 0.25) is 0 Å². The van der Waals surface area contributed by atoms with Gasteiger partial charge in [0.05, 0.1) is 12.2 Å². The summed E-state index contributed by atoms with van der Waals surface area (Å²) in [5.74, 6) is 2.85. The van der Waals surface area contributed by atoms with E-state index < -0.39 is 0 Å². The molecule has 60 valence electrons. The molecule has 0 saturated carbocycles. The number of anilines is 1. The van der Waals surface area contributed by atoms with Crippen LogP contribution in [0.2, 0.25) is 0 Å². The number of nitrogens with two attached hydrogens (primary N) is 1. The Balaban J connectivity index is 2.15. The van der Waals surface area contributed by atoms with Gasteiger partial charge in [-0.3, -0.25) is 0 Å². The lowest BCUT2D eigenvalue weighted by Gasteiger charge is -2.04. The molecule has 0 amide bonds. The van der Waals surface area contributed by atoms with Gasteiger partial charge in [-0.1, -0.05) is 0 Å². The third-order valence-corrected chi connectivity index (χ3v) is 2.90. The number of hydrogen-bond acceptors (Lipinski definition) is 4. The molecule has 0 spiro atoms. The van der Waals surface area contributed by atoms with Crippen molar-refractivity contribution in [1.82, 2.24) is 15.0 Å². The van der Waals surface area contributed by atoms with Gasteiger partial charge in [0.1, 0.15) is 0 Å². The van der Waals surface area contributed by atoms with Gasteiger partial charge in [-0.15, -0.1) is 5.10 Å². The Bertz CT molecular complexity index is 240. The lowest BCUT2D eigenvalue weighted by Crippen LogP contribution is -2.11. The van der Waals surface area contributed by atoms with Crippen LogP contribution in [0.4, 0.5) is 5.82 Å². The SMILES string of the molecule is Nc1cnn(C2CCSC2)n1. The lowest BCUT2D eigenvalue weighted by atomic mass is 10.3. The number of hydrogen-bond donors (Lipinski definition) is 1. The summed E-state index contributed by atoms with van der Waals surface area (Å²) in [7, 11) is 0. The number of thioether (sulfide) groups is 1.